The molecular weight excluding hydrogens is 256 g/mol. The van der Waals surface area contributed by atoms with Crippen LogP contribution in [0.5, 0.6) is 0 Å². The fourth-order valence-corrected chi connectivity index (χ4v) is 2.59. The fraction of sp³-hybridized carbons (Fsp3) is 0.143. The Labute approximate surface area is 85.1 Å². The zero-order valence-corrected chi connectivity index (χ0v) is 9.10. The van der Waals surface area contributed by atoms with Crippen molar-refractivity contribution < 1.29 is 8.42 Å². The first-order valence-electron chi connectivity index (χ1n) is 3.46. The van der Waals surface area contributed by atoms with Crippen molar-refractivity contribution in [1.82, 2.24) is 0 Å². The maximum Gasteiger partial charge on any atom is 0.239 e. The summed E-state index contributed by atoms with van der Waals surface area (Å²) in [7, 11) is -3.65. The second kappa shape index (κ2) is 3.75. The number of hydrogen-bond acceptors (Lipinski definition) is 3. The Kier molecular flexibility index (Phi) is 3.07. The van der Waals surface area contributed by atoms with Crippen LogP contribution in [0.15, 0.2) is 27.6 Å². The quantitative estimate of drug-likeness (QED) is 0.818. The van der Waals surface area contributed by atoms with Gasteiger partial charge in [0.25, 0.3) is 0 Å². The minimum Gasteiger partial charge on any atom is -0.326 e. The molecule has 0 radical (unpaired) electrons. The zero-order valence-electron chi connectivity index (χ0n) is 6.70. The first-order valence-corrected chi connectivity index (χ1v) is 5.80. The van der Waals surface area contributed by atoms with Gasteiger partial charge < -0.3 is 5.73 Å². The summed E-state index contributed by atoms with van der Waals surface area (Å²) in [4.78, 5) is 0.0738. The summed E-state index contributed by atoms with van der Waals surface area (Å²) in [5, 5.41) is 4.96. The molecule has 0 saturated carbocycles. The summed E-state index contributed by atoms with van der Waals surface area (Å²) in [6, 6.07) is 4.70. The molecule has 0 heterocycles. The van der Waals surface area contributed by atoms with E-state index in [1.54, 1.807) is 12.1 Å². The third-order valence-corrected chi connectivity index (χ3v) is 3.43. The number of sulfonamides is 1. The van der Waals surface area contributed by atoms with Gasteiger partial charge in [-0.3, -0.25) is 0 Å². The maximum atomic E-state index is 11.0. The Bertz CT molecular complexity index is 417. The van der Waals surface area contributed by atoms with Crippen LogP contribution >= 0.6 is 15.9 Å². The maximum absolute atomic E-state index is 11.0. The molecule has 0 aromatic heterocycles. The van der Waals surface area contributed by atoms with Crippen LogP contribution in [0.1, 0.15) is 5.56 Å². The van der Waals surface area contributed by atoms with Gasteiger partial charge in [-0.25, -0.2) is 13.6 Å². The minimum absolute atomic E-state index is 0.0738. The lowest BCUT2D eigenvalue weighted by Crippen LogP contribution is -2.13. The Hall–Kier alpha value is -0.430. The molecule has 0 aliphatic heterocycles. The van der Waals surface area contributed by atoms with Crippen molar-refractivity contribution >= 4 is 26.0 Å². The monoisotopic (exact) mass is 264 g/mol. The SMILES string of the molecule is NCc1ccc(S(N)(=O)=O)c(Br)c1. The summed E-state index contributed by atoms with van der Waals surface area (Å²) >= 11 is 3.11. The predicted molar refractivity (Wildman–Crippen MR) is 53.4 cm³/mol. The molecule has 0 saturated heterocycles. The Morgan fingerprint density at radius 3 is 2.38 bits per heavy atom. The second-order valence-electron chi connectivity index (χ2n) is 2.51. The number of hydrogen-bond donors (Lipinski definition) is 2. The highest BCUT2D eigenvalue weighted by atomic mass is 79.9. The second-order valence-corrected chi connectivity index (χ2v) is 4.90. The van der Waals surface area contributed by atoms with E-state index in [0.29, 0.717) is 11.0 Å². The van der Waals surface area contributed by atoms with Crippen LogP contribution < -0.4 is 10.9 Å². The highest BCUT2D eigenvalue weighted by Gasteiger charge is 2.11. The lowest BCUT2D eigenvalue weighted by molar-refractivity contribution is 0.597. The van der Waals surface area contributed by atoms with Crippen molar-refractivity contribution in [2.45, 2.75) is 11.4 Å². The van der Waals surface area contributed by atoms with Crippen molar-refractivity contribution in [1.29, 1.82) is 0 Å². The van der Waals surface area contributed by atoms with Gasteiger partial charge in [-0.15, -0.1) is 0 Å². The molecule has 0 aliphatic rings. The van der Waals surface area contributed by atoms with E-state index in [9.17, 15) is 8.42 Å². The van der Waals surface area contributed by atoms with Gasteiger partial charge in [0, 0.05) is 11.0 Å². The molecule has 0 bridgehead atoms. The smallest absolute Gasteiger partial charge is 0.239 e. The molecule has 1 aromatic carbocycles. The molecule has 4 N–H and O–H groups in total. The van der Waals surface area contributed by atoms with Gasteiger partial charge in [-0.2, -0.15) is 0 Å². The third-order valence-electron chi connectivity index (χ3n) is 1.54. The van der Waals surface area contributed by atoms with E-state index in [2.05, 4.69) is 15.9 Å². The number of primary sulfonamides is 1. The zero-order chi connectivity index (χ0) is 10.1. The van der Waals surface area contributed by atoms with E-state index in [1.807, 2.05) is 0 Å². The Morgan fingerprint density at radius 2 is 2.00 bits per heavy atom. The molecule has 6 heteroatoms. The first kappa shape index (κ1) is 10.6. The van der Waals surface area contributed by atoms with Crippen molar-refractivity contribution in [3.63, 3.8) is 0 Å². The summed E-state index contributed by atoms with van der Waals surface area (Å²) < 4.78 is 22.4. The van der Waals surface area contributed by atoms with E-state index in [4.69, 9.17) is 10.9 Å². The average molecular weight is 265 g/mol. The molecule has 1 aromatic rings. The summed E-state index contributed by atoms with van der Waals surface area (Å²) in [6.07, 6.45) is 0. The van der Waals surface area contributed by atoms with Crippen LogP contribution in [0, 0.1) is 0 Å². The highest BCUT2D eigenvalue weighted by molar-refractivity contribution is 9.10. The molecule has 1 rings (SSSR count). The molecule has 72 valence electrons. The number of benzene rings is 1. The normalized spacial score (nSPS) is 11.6. The van der Waals surface area contributed by atoms with Crippen molar-refractivity contribution in [2.75, 3.05) is 0 Å². The van der Waals surface area contributed by atoms with Crippen molar-refractivity contribution in [3.8, 4) is 0 Å². The van der Waals surface area contributed by atoms with Crippen molar-refractivity contribution in [2.24, 2.45) is 10.9 Å². The van der Waals surface area contributed by atoms with E-state index >= 15 is 0 Å². The highest BCUT2D eigenvalue weighted by Crippen LogP contribution is 2.21. The molecule has 0 fully saturated rings. The molecule has 4 nitrogen and oxygen atoms in total. The molecule has 0 atom stereocenters. The predicted octanol–water partition coefficient (Wildman–Crippen LogP) is 0.555. The number of rotatable bonds is 2. The van der Waals surface area contributed by atoms with Crippen LogP contribution in [0.3, 0.4) is 0 Å². The summed E-state index contributed by atoms with van der Waals surface area (Å²) in [5.41, 5.74) is 6.22. The first-order chi connectivity index (χ1) is 5.95. The fourth-order valence-electron chi connectivity index (χ4n) is 0.902. The van der Waals surface area contributed by atoms with E-state index in [1.165, 1.54) is 6.07 Å². The molecule has 0 aliphatic carbocycles. The van der Waals surface area contributed by atoms with E-state index < -0.39 is 10.0 Å². The van der Waals surface area contributed by atoms with Gasteiger partial charge >= 0.3 is 0 Å². The van der Waals surface area contributed by atoms with Crippen LogP contribution in [-0.4, -0.2) is 8.42 Å². The standard InChI is InChI=1S/C7H9BrN2O2S/c8-6-3-5(4-9)1-2-7(6)13(10,11)12/h1-3H,4,9H2,(H2,10,11,12). The number of nitrogens with two attached hydrogens (primary N) is 2. The van der Waals surface area contributed by atoms with Gasteiger partial charge in [-0.1, -0.05) is 6.07 Å². The Balaban J connectivity index is 3.29. The lowest BCUT2D eigenvalue weighted by atomic mass is 10.2. The molecule has 0 spiro atoms. The van der Waals surface area contributed by atoms with Gasteiger partial charge in [0.15, 0.2) is 0 Å². The van der Waals surface area contributed by atoms with E-state index in [-0.39, 0.29) is 4.90 Å². The van der Waals surface area contributed by atoms with E-state index in [0.717, 1.165) is 5.56 Å². The van der Waals surface area contributed by atoms with Gasteiger partial charge in [-0.05, 0) is 33.6 Å². The van der Waals surface area contributed by atoms with Crippen LogP contribution in [0.4, 0.5) is 0 Å². The molecule has 13 heavy (non-hydrogen) atoms. The minimum atomic E-state index is -3.65. The van der Waals surface area contributed by atoms with Gasteiger partial charge in [0.05, 0.1) is 4.90 Å². The number of halogens is 1. The summed E-state index contributed by atoms with van der Waals surface area (Å²) in [5.74, 6) is 0. The van der Waals surface area contributed by atoms with Crippen LogP contribution in [0.2, 0.25) is 0 Å². The third kappa shape index (κ3) is 2.50. The molecular formula is C7H9BrN2O2S. The Morgan fingerprint density at radius 1 is 1.38 bits per heavy atom. The molecule has 0 unspecified atom stereocenters. The topological polar surface area (TPSA) is 86.2 Å². The van der Waals surface area contributed by atoms with Gasteiger partial charge in [0.1, 0.15) is 0 Å². The van der Waals surface area contributed by atoms with Gasteiger partial charge in [0.2, 0.25) is 10.0 Å². The van der Waals surface area contributed by atoms with Crippen LogP contribution in [0.25, 0.3) is 0 Å². The van der Waals surface area contributed by atoms with Crippen molar-refractivity contribution in [3.05, 3.63) is 28.2 Å². The van der Waals surface area contributed by atoms with Crippen LogP contribution in [-0.2, 0) is 16.6 Å². The largest absolute Gasteiger partial charge is 0.326 e. The molecule has 0 amide bonds. The average Bonchev–Trinajstić information content (AvgIpc) is 2.01. The lowest BCUT2D eigenvalue weighted by Gasteiger charge is -2.03. The summed E-state index contributed by atoms with van der Waals surface area (Å²) in [6.45, 7) is 0.365.